The van der Waals surface area contributed by atoms with Crippen LogP contribution >= 0.6 is 0 Å². The third kappa shape index (κ3) is 16.4. The summed E-state index contributed by atoms with van der Waals surface area (Å²) in [4.78, 5) is 74.2. The molecule has 16 heterocycles. The van der Waals surface area contributed by atoms with Gasteiger partial charge in [0.05, 0.1) is 95.7 Å². The van der Waals surface area contributed by atoms with Crippen molar-refractivity contribution >= 4 is 57.6 Å². The minimum absolute atomic E-state index is 0.00211. The summed E-state index contributed by atoms with van der Waals surface area (Å²) < 4.78 is 21.2. The largest absolute Gasteiger partial charge is 0.381 e. The van der Waals surface area contributed by atoms with E-state index in [1.165, 1.54) is 6.20 Å². The summed E-state index contributed by atoms with van der Waals surface area (Å²) in [6, 6.07) is 24.7. The highest BCUT2D eigenvalue weighted by Gasteiger charge is 2.27. The van der Waals surface area contributed by atoms with Gasteiger partial charge in [-0.2, -0.15) is 31.1 Å². The molecule has 4 fully saturated rings. The predicted molar refractivity (Wildman–Crippen MR) is 418 cm³/mol. The molecule has 0 radical (unpaired) electrons. The minimum atomic E-state index is -0.293. The SMILES string of the molecule is C#CC(=O)N1CCN(c2ccc(-c3cc(-c4cn(C5CCOCC5)nn4)cn4ncc(C#N)c34)cn2)CC1.C#CC(=O)N1CCN(c2ccc(-c3cc(-c4cn(CC(C)OC)nn4)cn4ncc(C#N)c34)cn2)CC1.C#CC(=O)N1CCN(c2ccc(-c3cc(-c4cn(CCC(=O)N(C)C)nn4)cn4ncc(C#N)c34)cn2)CC1. The van der Waals surface area contributed by atoms with Crippen LogP contribution in [0.1, 0.15) is 48.9 Å². The van der Waals surface area contributed by atoms with Gasteiger partial charge >= 0.3 is 0 Å². The number of methoxy groups -OCH3 is 1. The summed E-state index contributed by atoms with van der Waals surface area (Å²) >= 11 is 0. The molecule has 0 aliphatic carbocycles. The van der Waals surface area contributed by atoms with E-state index in [1.807, 2.05) is 91.0 Å². The molecule has 34 nitrogen and oxygen atoms in total. The first-order valence-corrected chi connectivity index (χ1v) is 36.7. The van der Waals surface area contributed by atoms with E-state index in [-0.39, 0.29) is 35.8 Å². The molecule has 4 saturated heterocycles. The van der Waals surface area contributed by atoms with Crippen molar-refractivity contribution in [2.45, 2.75) is 51.4 Å². The van der Waals surface area contributed by atoms with Gasteiger partial charge in [-0.25, -0.2) is 37.9 Å². The molecule has 0 spiro atoms. The van der Waals surface area contributed by atoms with Gasteiger partial charge in [-0.05, 0) is 92.1 Å². The zero-order valence-electron chi connectivity index (χ0n) is 62.9. The molecule has 4 aliphatic rings. The van der Waals surface area contributed by atoms with Crippen LogP contribution < -0.4 is 14.7 Å². The maximum absolute atomic E-state index is 11.9. The Hall–Kier alpha value is -14.7. The van der Waals surface area contributed by atoms with Gasteiger partial charge in [-0.15, -0.1) is 34.6 Å². The molecular formula is C80H76N28O6. The van der Waals surface area contributed by atoms with Gasteiger partial charge in [0.15, 0.2) is 0 Å². The van der Waals surface area contributed by atoms with Crippen molar-refractivity contribution in [3.63, 3.8) is 0 Å². The zero-order chi connectivity index (χ0) is 79.5. The number of amides is 4. The standard InChI is InChI=1S/C27H26N10O2.C27H25N9O2.C26H25N9O2/c1-4-25(38)35-11-9-34(10-12-35)24-6-5-19(15-29-24)22-13-20(17-37-27(22)21(14-28)16-30-37)23-18-36(32-31-23)8-7-26(39)33(2)3;1-2-26(37)34-9-7-33(8-10-34)25-4-3-19(15-29-25)23-13-20(17-36-27(23)21(14-28)16-30-36)24-18-35(32-31-24)22-5-11-38-12-6-22;1-4-25(36)33-9-7-32(8-10-33)24-6-5-19(13-28-24)22-11-20(16-35-26(22)21(12-27)14-29-35)23-17-34(31-30-23)15-18(2)37-3/h1,5-6,13,15-18H,7-12H2,2-3H3;1,3-4,13,15-18,22H,5-12H2;1,5-6,11,13-14,16-18H,7-10,15H2,2-3H3. The first-order valence-electron chi connectivity index (χ1n) is 36.7. The first kappa shape index (κ1) is 76.1. The molecule has 114 heavy (non-hydrogen) atoms. The fraction of sp³-hybridized carbons (Fsp3) is 0.312. The number of nitrogens with zero attached hydrogens (tertiary/aromatic N) is 28. The molecule has 12 aromatic rings. The minimum Gasteiger partial charge on any atom is -0.381 e. The highest BCUT2D eigenvalue weighted by molar-refractivity contribution is 5.95. The quantitative estimate of drug-likeness (QED) is 0.111. The van der Waals surface area contributed by atoms with E-state index in [9.17, 15) is 35.0 Å². The number of terminal acetylenes is 3. The number of pyridine rings is 6. The lowest BCUT2D eigenvalue weighted by Crippen LogP contribution is -2.48. The van der Waals surface area contributed by atoms with E-state index in [1.54, 1.807) is 107 Å². The molecule has 1 unspecified atom stereocenters. The Morgan fingerprint density at radius 2 is 0.868 bits per heavy atom. The van der Waals surface area contributed by atoms with Crippen LogP contribution in [0.4, 0.5) is 17.5 Å². The van der Waals surface area contributed by atoms with Crippen LogP contribution in [-0.2, 0) is 41.7 Å². The van der Waals surface area contributed by atoms with Gasteiger partial charge in [0, 0.05) is 207 Å². The second kappa shape index (κ2) is 34.1. The molecule has 0 bridgehead atoms. The summed E-state index contributed by atoms with van der Waals surface area (Å²) in [6.07, 6.45) is 39.0. The maximum atomic E-state index is 11.9. The normalized spacial score (nSPS) is 14.6. The molecule has 572 valence electrons. The summed E-state index contributed by atoms with van der Waals surface area (Å²) in [5, 5.41) is 68.1. The Kier molecular flexibility index (Phi) is 22.7. The number of fused-ring (bicyclic) bond motifs is 3. The zero-order valence-corrected chi connectivity index (χ0v) is 62.9. The molecule has 0 N–H and O–H groups in total. The lowest BCUT2D eigenvalue weighted by atomic mass is 10.0. The van der Waals surface area contributed by atoms with Gasteiger partial charge in [0.2, 0.25) is 5.91 Å². The average Bonchev–Trinajstić information content (AvgIpc) is 1.60. The summed E-state index contributed by atoms with van der Waals surface area (Å²) in [5.41, 5.74) is 12.9. The van der Waals surface area contributed by atoms with E-state index >= 15 is 0 Å². The van der Waals surface area contributed by atoms with Crippen LogP contribution in [0.5, 0.6) is 0 Å². The topological polar surface area (TPSA) is 363 Å². The summed E-state index contributed by atoms with van der Waals surface area (Å²) in [7, 11) is 5.10. The maximum Gasteiger partial charge on any atom is 0.298 e. The van der Waals surface area contributed by atoms with Crippen LogP contribution in [0.25, 0.3) is 83.7 Å². The van der Waals surface area contributed by atoms with Gasteiger partial charge in [0.1, 0.15) is 52.7 Å². The molecule has 4 amide bonds. The highest BCUT2D eigenvalue weighted by Crippen LogP contribution is 2.37. The van der Waals surface area contributed by atoms with Crippen molar-refractivity contribution in [3.8, 4) is 122 Å². The van der Waals surface area contributed by atoms with Crippen LogP contribution in [0.3, 0.4) is 0 Å². The highest BCUT2D eigenvalue weighted by atomic mass is 16.5. The molecule has 1 atom stereocenters. The monoisotopic (exact) mass is 1520 g/mol. The molecule has 12 aromatic heterocycles. The second-order valence-corrected chi connectivity index (χ2v) is 27.5. The first-order chi connectivity index (χ1) is 55.5. The second-order valence-electron chi connectivity index (χ2n) is 27.5. The van der Waals surface area contributed by atoms with Gasteiger partial charge in [-0.3, -0.25) is 23.9 Å². The molecule has 4 aliphatic heterocycles. The van der Waals surface area contributed by atoms with Gasteiger partial charge in [-0.1, -0.05) is 15.6 Å². The van der Waals surface area contributed by atoms with Crippen molar-refractivity contribution in [1.29, 1.82) is 15.8 Å². The number of hydrogen-bond donors (Lipinski definition) is 0. The molecule has 16 rings (SSSR count). The molecule has 0 saturated carbocycles. The van der Waals surface area contributed by atoms with Crippen molar-refractivity contribution in [1.82, 2.24) is 108 Å². The number of aryl methyl sites for hydroxylation is 1. The van der Waals surface area contributed by atoms with Crippen LogP contribution in [-0.4, -0.2) is 251 Å². The summed E-state index contributed by atoms with van der Waals surface area (Å²) in [5.74, 6) is 8.10. The fourth-order valence-corrected chi connectivity index (χ4v) is 13.9. The predicted octanol–water partition coefficient (Wildman–Crippen LogP) is 5.29. The number of nitriles is 3. The van der Waals surface area contributed by atoms with E-state index in [0.717, 1.165) is 99.3 Å². The fourth-order valence-electron chi connectivity index (χ4n) is 13.9. The van der Waals surface area contributed by atoms with Crippen molar-refractivity contribution in [2.75, 3.05) is 128 Å². The number of carbonyl (C=O) groups excluding carboxylic acids is 4. The van der Waals surface area contributed by atoms with E-state index in [4.69, 9.17) is 33.7 Å². The van der Waals surface area contributed by atoms with E-state index in [0.29, 0.717) is 143 Å². The van der Waals surface area contributed by atoms with Crippen LogP contribution in [0.2, 0.25) is 0 Å². The number of anilines is 3. The van der Waals surface area contributed by atoms with E-state index < -0.39 is 0 Å². The third-order valence-corrected chi connectivity index (χ3v) is 20.4. The molecule has 0 aromatic carbocycles. The lowest BCUT2D eigenvalue weighted by Gasteiger charge is -2.34. The third-order valence-electron chi connectivity index (χ3n) is 20.4. The number of ether oxygens (including phenoxy) is 2. The number of aromatic nitrogens is 18. The van der Waals surface area contributed by atoms with E-state index in [2.05, 4.69) is 107 Å². The lowest BCUT2D eigenvalue weighted by molar-refractivity contribution is -0.129. The summed E-state index contributed by atoms with van der Waals surface area (Å²) in [6.45, 7) is 11.6. The van der Waals surface area contributed by atoms with Crippen molar-refractivity contribution in [2.24, 2.45) is 0 Å². The van der Waals surface area contributed by atoms with Crippen LogP contribution in [0.15, 0.2) is 129 Å². The van der Waals surface area contributed by atoms with Gasteiger partial charge in [0.25, 0.3) is 17.7 Å². The Morgan fingerprint density at radius 1 is 0.500 bits per heavy atom. The van der Waals surface area contributed by atoms with Gasteiger partial charge < -0.3 is 43.8 Å². The Balaban J connectivity index is 0.000000142. The number of rotatable bonds is 16. The number of hydrogen-bond acceptors (Lipinski definition) is 24. The molecule has 34 heteroatoms. The number of piperazine rings is 3. The van der Waals surface area contributed by atoms with Crippen molar-refractivity contribution in [3.05, 3.63) is 146 Å². The molecular weight excluding hydrogens is 1450 g/mol. The Morgan fingerprint density at radius 3 is 1.22 bits per heavy atom. The smallest absolute Gasteiger partial charge is 0.298 e. The average molecular weight is 1530 g/mol. The van der Waals surface area contributed by atoms with Crippen LogP contribution in [0, 0.1) is 71.0 Å². The Bertz CT molecular complexity index is 5820. The number of carbonyl (C=O) groups is 4. The Labute approximate surface area is 654 Å². The van der Waals surface area contributed by atoms with Crippen molar-refractivity contribution < 1.29 is 28.7 Å².